The molecule has 0 fully saturated rings. The van der Waals surface area contributed by atoms with Crippen molar-refractivity contribution in [3.8, 4) is 5.69 Å². The highest BCUT2D eigenvalue weighted by atomic mass is 16.3. The van der Waals surface area contributed by atoms with Gasteiger partial charge in [0, 0.05) is 5.69 Å². The van der Waals surface area contributed by atoms with Crippen molar-refractivity contribution in [3.05, 3.63) is 66.4 Å². The van der Waals surface area contributed by atoms with Gasteiger partial charge >= 0.3 is 0 Å². The number of hydrogen-bond acceptors (Lipinski definition) is 6. The lowest BCUT2D eigenvalue weighted by molar-refractivity contribution is 0.199. The second-order valence-electron chi connectivity index (χ2n) is 5.69. The molecule has 0 bridgehead atoms. The molecule has 7 nitrogen and oxygen atoms in total. The predicted molar refractivity (Wildman–Crippen MR) is 94.8 cm³/mol. The minimum absolute atomic E-state index is 0.536. The van der Waals surface area contributed by atoms with E-state index in [0.717, 1.165) is 22.3 Å². The second kappa shape index (κ2) is 6.29. The van der Waals surface area contributed by atoms with Gasteiger partial charge in [-0.15, -0.1) is 10.2 Å². The van der Waals surface area contributed by atoms with Crippen LogP contribution in [0, 0.1) is 0 Å². The van der Waals surface area contributed by atoms with E-state index in [-0.39, 0.29) is 0 Å². The zero-order valence-corrected chi connectivity index (χ0v) is 13.5. The van der Waals surface area contributed by atoms with Gasteiger partial charge < -0.3 is 10.4 Å². The maximum absolute atomic E-state index is 9.74. The van der Waals surface area contributed by atoms with Gasteiger partial charge in [-0.25, -0.2) is 4.68 Å². The first-order chi connectivity index (χ1) is 12.2. The molecule has 2 aromatic heterocycles. The van der Waals surface area contributed by atoms with E-state index < -0.39 is 6.10 Å². The number of fused-ring (bicyclic) bond motifs is 1. The Morgan fingerprint density at radius 1 is 1.04 bits per heavy atom. The summed E-state index contributed by atoms with van der Waals surface area (Å²) in [4.78, 5) is 0. The molecule has 0 aliphatic heterocycles. The van der Waals surface area contributed by atoms with E-state index in [4.69, 9.17) is 0 Å². The zero-order chi connectivity index (χ0) is 17.2. The number of nitrogens with one attached hydrogen (secondary N) is 1. The molecular formula is C18H16N6O. The SMILES string of the molecule is C[C@@H](O)c1cccc(Nc2nnnc3c2cnn3-c2ccccc2)c1. The number of aliphatic hydroxyl groups is 1. The van der Waals surface area contributed by atoms with Crippen LogP contribution in [0.2, 0.25) is 0 Å². The molecule has 0 amide bonds. The first-order valence-corrected chi connectivity index (χ1v) is 7.90. The van der Waals surface area contributed by atoms with E-state index in [9.17, 15) is 5.11 Å². The minimum atomic E-state index is -0.536. The van der Waals surface area contributed by atoms with Crippen LogP contribution in [-0.4, -0.2) is 30.3 Å². The first kappa shape index (κ1) is 15.2. The highest BCUT2D eigenvalue weighted by Gasteiger charge is 2.12. The summed E-state index contributed by atoms with van der Waals surface area (Å²) in [5.41, 5.74) is 3.16. The first-order valence-electron chi connectivity index (χ1n) is 7.90. The van der Waals surface area contributed by atoms with Gasteiger partial charge in [-0.1, -0.05) is 30.3 Å². The number of anilines is 2. The van der Waals surface area contributed by atoms with Crippen molar-refractivity contribution in [2.75, 3.05) is 5.32 Å². The van der Waals surface area contributed by atoms with Crippen LogP contribution in [0.4, 0.5) is 11.5 Å². The van der Waals surface area contributed by atoms with Gasteiger partial charge in [0.25, 0.3) is 0 Å². The molecule has 0 saturated heterocycles. The average Bonchev–Trinajstić information content (AvgIpc) is 3.08. The largest absolute Gasteiger partial charge is 0.389 e. The third-order valence-electron chi connectivity index (χ3n) is 3.92. The van der Waals surface area contributed by atoms with Crippen molar-refractivity contribution in [2.24, 2.45) is 0 Å². The molecule has 7 heteroatoms. The molecule has 1 atom stereocenters. The van der Waals surface area contributed by atoms with Gasteiger partial charge in [0.1, 0.15) is 0 Å². The number of nitrogens with zero attached hydrogens (tertiary/aromatic N) is 5. The van der Waals surface area contributed by atoms with Crippen molar-refractivity contribution >= 4 is 22.5 Å². The maximum atomic E-state index is 9.74. The third kappa shape index (κ3) is 2.92. The highest BCUT2D eigenvalue weighted by Crippen LogP contribution is 2.25. The fraction of sp³-hybridized carbons (Fsp3) is 0.111. The van der Waals surface area contributed by atoms with Crippen LogP contribution < -0.4 is 5.32 Å². The molecule has 0 spiro atoms. The Kier molecular flexibility index (Phi) is 3.83. The van der Waals surface area contributed by atoms with Crippen LogP contribution >= 0.6 is 0 Å². The van der Waals surface area contributed by atoms with Crippen LogP contribution in [0.3, 0.4) is 0 Å². The Labute approximate surface area is 144 Å². The fourth-order valence-electron chi connectivity index (χ4n) is 2.63. The highest BCUT2D eigenvalue weighted by molar-refractivity contribution is 5.88. The summed E-state index contributed by atoms with van der Waals surface area (Å²) in [5, 5.41) is 30.2. The molecule has 4 rings (SSSR count). The Bertz CT molecular complexity index is 1010. The lowest BCUT2D eigenvalue weighted by Gasteiger charge is -2.09. The summed E-state index contributed by atoms with van der Waals surface area (Å²) < 4.78 is 1.72. The van der Waals surface area contributed by atoms with Crippen LogP contribution in [0.1, 0.15) is 18.6 Å². The molecule has 0 aliphatic rings. The molecule has 2 heterocycles. The molecule has 0 saturated carbocycles. The third-order valence-corrected chi connectivity index (χ3v) is 3.92. The van der Waals surface area contributed by atoms with Crippen molar-refractivity contribution in [3.63, 3.8) is 0 Å². The Hall–Kier alpha value is -3.32. The molecule has 25 heavy (non-hydrogen) atoms. The monoisotopic (exact) mass is 332 g/mol. The summed E-state index contributed by atoms with van der Waals surface area (Å²) in [5.74, 6) is 0.565. The molecule has 124 valence electrons. The van der Waals surface area contributed by atoms with Crippen molar-refractivity contribution in [1.29, 1.82) is 0 Å². The lowest BCUT2D eigenvalue weighted by Crippen LogP contribution is -2.02. The standard InChI is InChI=1S/C18H16N6O/c1-12(25)13-6-5-7-14(10-13)20-17-16-11-19-24(18(16)22-23-21-17)15-8-3-2-4-9-15/h2-12,25H,1H3,(H,20,21,22)/t12-/m1/s1. The summed E-state index contributed by atoms with van der Waals surface area (Å²) in [6, 6.07) is 17.3. The number of aromatic nitrogens is 5. The Morgan fingerprint density at radius 2 is 1.88 bits per heavy atom. The zero-order valence-electron chi connectivity index (χ0n) is 13.5. The van der Waals surface area contributed by atoms with E-state index in [0.29, 0.717) is 11.5 Å². The average molecular weight is 332 g/mol. The summed E-state index contributed by atoms with van der Waals surface area (Å²) in [6.07, 6.45) is 1.18. The van der Waals surface area contributed by atoms with Crippen LogP contribution in [0.25, 0.3) is 16.7 Å². The molecule has 2 N–H and O–H groups in total. The number of para-hydroxylation sites is 1. The number of hydrogen-bond donors (Lipinski definition) is 2. The smallest absolute Gasteiger partial charge is 0.190 e. The molecule has 0 radical (unpaired) electrons. The molecule has 0 aliphatic carbocycles. The number of benzene rings is 2. The van der Waals surface area contributed by atoms with Crippen molar-refractivity contribution in [1.82, 2.24) is 25.2 Å². The molecule has 0 unspecified atom stereocenters. The summed E-state index contributed by atoms with van der Waals surface area (Å²) in [6.45, 7) is 1.73. The van der Waals surface area contributed by atoms with E-state index in [1.54, 1.807) is 17.8 Å². The lowest BCUT2D eigenvalue weighted by atomic mass is 10.1. The van der Waals surface area contributed by atoms with Crippen LogP contribution in [0.15, 0.2) is 60.8 Å². The normalized spacial score (nSPS) is 12.2. The van der Waals surface area contributed by atoms with Gasteiger partial charge in [0.2, 0.25) is 0 Å². The summed E-state index contributed by atoms with van der Waals surface area (Å²) >= 11 is 0. The quantitative estimate of drug-likeness (QED) is 0.597. The molecular weight excluding hydrogens is 316 g/mol. The topological polar surface area (TPSA) is 88.8 Å². The second-order valence-corrected chi connectivity index (χ2v) is 5.69. The van der Waals surface area contributed by atoms with Gasteiger partial charge in [0.05, 0.1) is 23.4 Å². The van der Waals surface area contributed by atoms with Gasteiger partial charge in [-0.2, -0.15) is 5.10 Å². The van der Waals surface area contributed by atoms with Crippen LogP contribution in [0.5, 0.6) is 0 Å². The summed E-state index contributed by atoms with van der Waals surface area (Å²) in [7, 11) is 0. The van der Waals surface area contributed by atoms with E-state index in [1.165, 1.54) is 0 Å². The van der Waals surface area contributed by atoms with Gasteiger partial charge in [-0.05, 0) is 42.0 Å². The van der Waals surface area contributed by atoms with Crippen molar-refractivity contribution in [2.45, 2.75) is 13.0 Å². The number of aliphatic hydroxyl groups excluding tert-OH is 1. The van der Waals surface area contributed by atoms with E-state index >= 15 is 0 Å². The minimum Gasteiger partial charge on any atom is -0.389 e. The molecule has 4 aromatic rings. The molecule has 2 aromatic carbocycles. The Balaban J connectivity index is 1.74. The van der Waals surface area contributed by atoms with Crippen LogP contribution in [-0.2, 0) is 0 Å². The van der Waals surface area contributed by atoms with Crippen molar-refractivity contribution < 1.29 is 5.11 Å². The van der Waals surface area contributed by atoms with Gasteiger partial charge in [0.15, 0.2) is 11.5 Å². The predicted octanol–water partition coefficient (Wildman–Crippen LogP) is 3.01. The number of rotatable bonds is 4. The van der Waals surface area contributed by atoms with Gasteiger partial charge in [-0.3, -0.25) is 0 Å². The maximum Gasteiger partial charge on any atom is 0.190 e. The fourth-order valence-corrected chi connectivity index (χ4v) is 2.63. The van der Waals surface area contributed by atoms with E-state index in [1.807, 2.05) is 54.6 Å². The van der Waals surface area contributed by atoms with E-state index in [2.05, 4.69) is 25.8 Å². The Morgan fingerprint density at radius 3 is 2.68 bits per heavy atom.